The third-order valence-corrected chi connectivity index (χ3v) is 4.24. The number of carbonyl (C=O) groups excluding carboxylic acids is 1. The number of rotatable bonds is 6. The van der Waals surface area contributed by atoms with Gasteiger partial charge in [0.15, 0.2) is 0 Å². The van der Waals surface area contributed by atoms with Crippen molar-refractivity contribution in [3.63, 3.8) is 0 Å². The monoisotopic (exact) mass is 355 g/mol. The smallest absolute Gasteiger partial charge is 0.335 e. The van der Waals surface area contributed by atoms with E-state index in [9.17, 15) is 9.59 Å². The maximum absolute atomic E-state index is 12.3. The first kappa shape index (κ1) is 17.9. The molecule has 2 aromatic carbocycles. The number of carbonyl (C=O) groups is 2. The fourth-order valence-electron chi connectivity index (χ4n) is 2.74. The largest absolute Gasteiger partial charge is 0.488 e. The molecule has 26 heavy (non-hydrogen) atoms. The topological polar surface area (TPSA) is 84.9 Å². The summed E-state index contributed by atoms with van der Waals surface area (Å²) in [5.41, 5.74) is 2.53. The molecule has 0 saturated carbocycles. The van der Waals surface area contributed by atoms with Crippen LogP contribution in [0.4, 0.5) is 0 Å². The van der Waals surface area contributed by atoms with Crippen LogP contribution in [0.25, 0.3) is 0 Å². The molecule has 0 spiro atoms. The summed E-state index contributed by atoms with van der Waals surface area (Å²) in [6.07, 6.45) is 0.894. The molecule has 6 heteroatoms. The molecule has 3 rings (SSSR count). The molecule has 1 amide bonds. The van der Waals surface area contributed by atoms with E-state index in [1.165, 1.54) is 24.3 Å². The minimum Gasteiger partial charge on any atom is -0.488 e. The van der Waals surface area contributed by atoms with Crippen LogP contribution in [0.5, 0.6) is 5.75 Å². The highest BCUT2D eigenvalue weighted by Gasteiger charge is 2.19. The van der Waals surface area contributed by atoms with Crippen molar-refractivity contribution in [1.29, 1.82) is 0 Å². The average molecular weight is 355 g/mol. The molecule has 0 bridgehead atoms. The zero-order chi connectivity index (χ0) is 18.5. The molecule has 0 radical (unpaired) electrons. The Labute approximate surface area is 151 Å². The molecule has 1 saturated heterocycles. The highest BCUT2D eigenvalue weighted by Crippen LogP contribution is 2.24. The van der Waals surface area contributed by atoms with Gasteiger partial charge >= 0.3 is 5.97 Å². The molecular formula is C20H21NO5. The second-order valence-corrected chi connectivity index (χ2v) is 6.28. The number of hydrogen-bond donors (Lipinski definition) is 2. The lowest BCUT2D eigenvalue weighted by molar-refractivity contribution is 0.0696. The van der Waals surface area contributed by atoms with Crippen molar-refractivity contribution in [2.45, 2.75) is 26.0 Å². The minimum absolute atomic E-state index is 0.0369. The summed E-state index contributed by atoms with van der Waals surface area (Å²) in [4.78, 5) is 23.2. The Morgan fingerprint density at radius 1 is 1.19 bits per heavy atom. The van der Waals surface area contributed by atoms with Crippen molar-refractivity contribution in [1.82, 2.24) is 5.32 Å². The summed E-state index contributed by atoms with van der Waals surface area (Å²) in [7, 11) is 0. The van der Waals surface area contributed by atoms with Crippen molar-refractivity contribution in [3.8, 4) is 5.75 Å². The van der Waals surface area contributed by atoms with Gasteiger partial charge in [0.1, 0.15) is 11.9 Å². The number of carboxylic acids is 1. The quantitative estimate of drug-likeness (QED) is 0.832. The lowest BCUT2D eigenvalue weighted by atomic mass is 10.1. The Hall–Kier alpha value is -2.86. The van der Waals surface area contributed by atoms with E-state index in [-0.39, 0.29) is 17.6 Å². The Kier molecular flexibility index (Phi) is 5.53. The van der Waals surface area contributed by atoms with E-state index in [1.54, 1.807) is 0 Å². The fourth-order valence-corrected chi connectivity index (χ4v) is 2.74. The van der Waals surface area contributed by atoms with Gasteiger partial charge in [0.25, 0.3) is 5.91 Å². The number of aromatic carboxylic acids is 1. The average Bonchev–Trinajstić information content (AvgIpc) is 3.14. The molecule has 1 heterocycles. The minimum atomic E-state index is -1.02. The van der Waals surface area contributed by atoms with Gasteiger partial charge in [0, 0.05) is 24.1 Å². The van der Waals surface area contributed by atoms with Gasteiger partial charge in [-0.2, -0.15) is 0 Å². The molecule has 1 aliphatic rings. The summed E-state index contributed by atoms with van der Waals surface area (Å²) in [5, 5.41) is 11.8. The highest BCUT2D eigenvalue weighted by molar-refractivity contribution is 5.95. The number of aryl methyl sites for hydroxylation is 1. The Morgan fingerprint density at radius 3 is 2.58 bits per heavy atom. The van der Waals surface area contributed by atoms with E-state index in [0.717, 1.165) is 23.3 Å². The van der Waals surface area contributed by atoms with Crippen LogP contribution in [0.3, 0.4) is 0 Å². The van der Waals surface area contributed by atoms with Crippen LogP contribution in [0, 0.1) is 6.92 Å². The lowest BCUT2D eigenvalue weighted by Gasteiger charge is -2.17. The third kappa shape index (κ3) is 4.40. The van der Waals surface area contributed by atoms with Crippen molar-refractivity contribution in [2.24, 2.45) is 0 Å². The molecule has 1 atom stereocenters. The van der Waals surface area contributed by atoms with Crippen LogP contribution in [-0.4, -0.2) is 36.3 Å². The molecule has 1 unspecified atom stereocenters. The van der Waals surface area contributed by atoms with Crippen LogP contribution in [0.15, 0.2) is 42.5 Å². The van der Waals surface area contributed by atoms with Gasteiger partial charge in [-0.05, 0) is 42.8 Å². The number of hydrogen-bond acceptors (Lipinski definition) is 4. The van der Waals surface area contributed by atoms with Gasteiger partial charge in [-0.15, -0.1) is 0 Å². The zero-order valence-electron chi connectivity index (χ0n) is 14.5. The first-order chi connectivity index (χ1) is 12.5. The molecule has 136 valence electrons. The second-order valence-electron chi connectivity index (χ2n) is 6.28. The second kappa shape index (κ2) is 8.01. The first-order valence-corrected chi connectivity index (χ1v) is 8.48. The van der Waals surface area contributed by atoms with Crippen molar-refractivity contribution in [3.05, 3.63) is 64.7 Å². The number of ether oxygens (including phenoxy) is 2. The van der Waals surface area contributed by atoms with Gasteiger partial charge in [-0.25, -0.2) is 4.79 Å². The van der Waals surface area contributed by atoms with E-state index in [1.807, 2.05) is 25.1 Å². The summed E-state index contributed by atoms with van der Waals surface area (Å²) in [5.74, 6) is -0.533. The van der Waals surface area contributed by atoms with Gasteiger partial charge in [0.2, 0.25) is 0 Å². The normalized spacial score (nSPS) is 16.3. The first-order valence-electron chi connectivity index (χ1n) is 8.48. The van der Waals surface area contributed by atoms with Gasteiger partial charge in [0.05, 0.1) is 18.8 Å². The number of benzene rings is 2. The van der Waals surface area contributed by atoms with Gasteiger partial charge in [-0.3, -0.25) is 4.79 Å². The number of nitrogens with one attached hydrogen (secondary N) is 1. The predicted molar refractivity (Wildman–Crippen MR) is 95.6 cm³/mol. The van der Waals surface area contributed by atoms with E-state index >= 15 is 0 Å². The SMILES string of the molecule is Cc1ccc(CNC(=O)c2ccc(C(=O)O)cc2)c(OC2CCOC2)c1. The molecule has 1 aliphatic heterocycles. The number of carboxylic acid groups (broad SMARTS) is 1. The highest BCUT2D eigenvalue weighted by atomic mass is 16.5. The Morgan fingerprint density at radius 2 is 1.92 bits per heavy atom. The molecule has 6 nitrogen and oxygen atoms in total. The zero-order valence-corrected chi connectivity index (χ0v) is 14.5. The van der Waals surface area contributed by atoms with Crippen molar-refractivity contribution < 1.29 is 24.2 Å². The van der Waals surface area contributed by atoms with E-state index in [4.69, 9.17) is 14.6 Å². The number of amides is 1. The van der Waals surface area contributed by atoms with Crippen LogP contribution in [0.2, 0.25) is 0 Å². The Balaban J connectivity index is 1.66. The maximum atomic E-state index is 12.3. The molecule has 2 aromatic rings. The summed E-state index contributed by atoms with van der Waals surface area (Å²) < 4.78 is 11.4. The van der Waals surface area contributed by atoms with Crippen LogP contribution >= 0.6 is 0 Å². The third-order valence-electron chi connectivity index (χ3n) is 4.24. The van der Waals surface area contributed by atoms with Crippen molar-refractivity contribution >= 4 is 11.9 Å². The van der Waals surface area contributed by atoms with Crippen LogP contribution in [0.1, 0.15) is 38.3 Å². The van der Waals surface area contributed by atoms with Gasteiger partial charge in [-0.1, -0.05) is 12.1 Å². The predicted octanol–water partition coefficient (Wildman–Crippen LogP) is 2.79. The standard InChI is InChI=1S/C20H21NO5/c1-13-2-3-16(18(10-13)26-17-8-9-25-12-17)11-21-19(22)14-4-6-15(7-5-14)20(23)24/h2-7,10,17H,8-9,11-12H2,1H3,(H,21,22)(H,23,24). The molecular weight excluding hydrogens is 334 g/mol. The summed E-state index contributed by atoms with van der Waals surface area (Å²) in [6, 6.07) is 11.7. The lowest BCUT2D eigenvalue weighted by Crippen LogP contribution is -2.24. The van der Waals surface area contributed by atoms with Gasteiger partial charge < -0.3 is 19.9 Å². The summed E-state index contributed by atoms with van der Waals surface area (Å²) in [6.45, 7) is 3.59. The molecule has 0 aromatic heterocycles. The van der Waals surface area contributed by atoms with E-state index < -0.39 is 5.97 Å². The van der Waals surface area contributed by atoms with Crippen molar-refractivity contribution in [2.75, 3.05) is 13.2 Å². The maximum Gasteiger partial charge on any atom is 0.335 e. The van der Waals surface area contributed by atoms with E-state index in [0.29, 0.717) is 25.3 Å². The Bertz CT molecular complexity index is 794. The fraction of sp³-hybridized carbons (Fsp3) is 0.300. The molecule has 0 aliphatic carbocycles. The summed E-state index contributed by atoms with van der Waals surface area (Å²) >= 11 is 0. The van der Waals surface area contributed by atoms with Crippen LogP contribution < -0.4 is 10.1 Å². The van der Waals surface area contributed by atoms with E-state index in [2.05, 4.69) is 5.32 Å². The van der Waals surface area contributed by atoms with Crippen LogP contribution in [-0.2, 0) is 11.3 Å². The molecule has 2 N–H and O–H groups in total. The molecule has 1 fully saturated rings.